The van der Waals surface area contributed by atoms with Crippen LogP contribution in [-0.4, -0.2) is 30.7 Å². The summed E-state index contributed by atoms with van der Waals surface area (Å²) in [7, 11) is 1.58. The molecule has 2 aromatic rings. The number of aromatic nitrogens is 1. The fourth-order valence-electron chi connectivity index (χ4n) is 3.19. The van der Waals surface area contributed by atoms with Gasteiger partial charge in [0.1, 0.15) is 16.8 Å². The molecule has 1 saturated carbocycles. The Balaban J connectivity index is 2.16. The van der Waals surface area contributed by atoms with Crippen molar-refractivity contribution >= 4 is 34.2 Å². The van der Waals surface area contributed by atoms with E-state index < -0.39 is 0 Å². The number of anilines is 1. The van der Waals surface area contributed by atoms with Crippen LogP contribution in [0.1, 0.15) is 43.0 Å². The lowest BCUT2D eigenvalue weighted by molar-refractivity contribution is 0.0527. The van der Waals surface area contributed by atoms with E-state index >= 15 is 0 Å². The third-order valence-corrected chi connectivity index (χ3v) is 4.54. The molecule has 1 aromatic carbocycles. The lowest BCUT2D eigenvalue weighted by Gasteiger charge is -2.19. The van der Waals surface area contributed by atoms with Gasteiger partial charge < -0.3 is 14.8 Å². The van der Waals surface area contributed by atoms with Crippen LogP contribution in [0.2, 0.25) is 5.02 Å². The van der Waals surface area contributed by atoms with Gasteiger partial charge in [-0.15, -0.1) is 0 Å². The van der Waals surface area contributed by atoms with Crippen LogP contribution in [0.25, 0.3) is 10.9 Å². The molecule has 1 fully saturated rings. The molecule has 0 radical (unpaired) electrons. The van der Waals surface area contributed by atoms with Crippen molar-refractivity contribution in [2.45, 2.75) is 38.6 Å². The number of halogens is 1. The Labute approximate surface area is 146 Å². The fraction of sp³-hybridized carbons (Fsp3) is 0.444. The first-order valence-corrected chi connectivity index (χ1v) is 8.61. The molecule has 6 heteroatoms. The average Bonchev–Trinajstić information content (AvgIpc) is 3.08. The Morgan fingerprint density at radius 2 is 2.12 bits per heavy atom. The van der Waals surface area contributed by atoms with Gasteiger partial charge in [-0.05, 0) is 25.8 Å². The van der Waals surface area contributed by atoms with Crippen LogP contribution in [-0.2, 0) is 4.74 Å². The standard InChI is InChI=1S/C18H21ClN2O3/c1-3-24-18(22)14-10-20-17-13(8-11(19)9-15(17)23-2)16(14)21-12-6-4-5-7-12/h8-10,12H,3-7H2,1-2H3,(H,20,21). The minimum atomic E-state index is -0.383. The number of pyridine rings is 1. The van der Waals surface area contributed by atoms with E-state index in [4.69, 9.17) is 21.1 Å². The van der Waals surface area contributed by atoms with Gasteiger partial charge in [0.25, 0.3) is 0 Å². The minimum absolute atomic E-state index is 0.318. The van der Waals surface area contributed by atoms with Gasteiger partial charge in [-0.2, -0.15) is 0 Å². The maximum absolute atomic E-state index is 12.4. The van der Waals surface area contributed by atoms with Crippen molar-refractivity contribution in [1.82, 2.24) is 4.98 Å². The molecule has 1 heterocycles. The summed E-state index contributed by atoms with van der Waals surface area (Å²) < 4.78 is 10.6. The van der Waals surface area contributed by atoms with Gasteiger partial charge in [-0.25, -0.2) is 4.79 Å². The van der Waals surface area contributed by atoms with Crippen molar-refractivity contribution in [3.63, 3.8) is 0 Å². The monoisotopic (exact) mass is 348 g/mol. The molecular weight excluding hydrogens is 328 g/mol. The molecule has 1 aliphatic rings. The van der Waals surface area contributed by atoms with Gasteiger partial charge in [-0.3, -0.25) is 4.98 Å². The lowest BCUT2D eigenvalue weighted by atomic mass is 10.1. The van der Waals surface area contributed by atoms with E-state index in [-0.39, 0.29) is 5.97 Å². The summed E-state index contributed by atoms with van der Waals surface area (Å²) in [4.78, 5) is 16.8. The van der Waals surface area contributed by atoms with E-state index in [2.05, 4.69) is 10.3 Å². The number of carbonyl (C=O) groups is 1. The highest BCUT2D eigenvalue weighted by Gasteiger charge is 2.23. The second-order valence-corrected chi connectivity index (χ2v) is 6.33. The fourth-order valence-corrected chi connectivity index (χ4v) is 3.39. The molecule has 1 aromatic heterocycles. The zero-order valence-corrected chi connectivity index (χ0v) is 14.7. The Morgan fingerprint density at radius 1 is 1.38 bits per heavy atom. The summed E-state index contributed by atoms with van der Waals surface area (Å²) in [6.45, 7) is 2.11. The van der Waals surface area contributed by atoms with Gasteiger partial charge in [0, 0.05) is 28.7 Å². The third kappa shape index (κ3) is 3.26. The number of hydrogen-bond acceptors (Lipinski definition) is 5. The summed E-state index contributed by atoms with van der Waals surface area (Å²) in [6.07, 6.45) is 6.11. The van der Waals surface area contributed by atoms with Gasteiger partial charge in [0.2, 0.25) is 0 Å². The number of fused-ring (bicyclic) bond motifs is 1. The van der Waals surface area contributed by atoms with Gasteiger partial charge in [0.05, 0.1) is 19.4 Å². The third-order valence-electron chi connectivity index (χ3n) is 4.32. The molecule has 1 aliphatic carbocycles. The van der Waals surface area contributed by atoms with Gasteiger partial charge >= 0.3 is 5.97 Å². The molecular formula is C18H21ClN2O3. The van der Waals surface area contributed by atoms with Crippen molar-refractivity contribution in [3.05, 3.63) is 28.9 Å². The second-order valence-electron chi connectivity index (χ2n) is 5.90. The zero-order valence-electron chi connectivity index (χ0n) is 13.9. The highest BCUT2D eigenvalue weighted by molar-refractivity contribution is 6.32. The van der Waals surface area contributed by atoms with E-state index in [0.717, 1.165) is 23.9 Å². The van der Waals surface area contributed by atoms with Crippen LogP contribution in [0.5, 0.6) is 5.75 Å². The molecule has 0 aliphatic heterocycles. The van der Waals surface area contributed by atoms with Gasteiger partial charge in [0.15, 0.2) is 0 Å². The van der Waals surface area contributed by atoms with Crippen molar-refractivity contribution in [3.8, 4) is 5.75 Å². The van der Waals surface area contributed by atoms with Crippen LogP contribution in [0.4, 0.5) is 5.69 Å². The Morgan fingerprint density at radius 3 is 2.79 bits per heavy atom. The maximum Gasteiger partial charge on any atom is 0.341 e. The molecule has 0 spiro atoms. The second kappa shape index (κ2) is 7.26. The molecule has 0 saturated heterocycles. The number of rotatable bonds is 5. The predicted octanol–water partition coefficient (Wildman–Crippen LogP) is 4.43. The first-order chi connectivity index (χ1) is 11.6. The molecule has 24 heavy (non-hydrogen) atoms. The van der Waals surface area contributed by atoms with Crippen molar-refractivity contribution in [1.29, 1.82) is 0 Å². The minimum Gasteiger partial charge on any atom is -0.494 e. The summed E-state index contributed by atoms with van der Waals surface area (Å²) >= 11 is 6.23. The van der Waals surface area contributed by atoms with Crippen LogP contribution in [0.3, 0.4) is 0 Å². The van der Waals surface area contributed by atoms with E-state index in [9.17, 15) is 4.79 Å². The van der Waals surface area contributed by atoms with Gasteiger partial charge in [-0.1, -0.05) is 24.4 Å². The number of carbonyl (C=O) groups excluding carboxylic acids is 1. The maximum atomic E-state index is 12.4. The van der Waals surface area contributed by atoms with E-state index in [1.807, 2.05) is 6.07 Å². The number of hydrogen-bond donors (Lipinski definition) is 1. The highest BCUT2D eigenvalue weighted by atomic mass is 35.5. The van der Waals surface area contributed by atoms with E-state index in [0.29, 0.717) is 34.5 Å². The zero-order chi connectivity index (χ0) is 17.1. The number of ether oxygens (including phenoxy) is 2. The van der Waals surface area contributed by atoms with Crippen LogP contribution in [0, 0.1) is 0 Å². The highest BCUT2D eigenvalue weighted by Crippen LogP contribution is 2.36. The molecule has 0 bridgehead atoms. The Kier molecular flexibility index (Phi) is 5.09. The van der Waals surface area contributed by atoms with Crippen molar-refractivity contribution in [2.75, 3.05) is 19.0 Å². The number of esters is 1. The average molecular weight is 349 g/mol. The number of nitrogens with zero attached hydrogens (tertiary/aromatic N) is 1. The quantitative estimate of drug-likeness (QED) is 0.810. The number of methoxy groups -OCH3 is 1. The van der Waals surface area contributed by atoms with Crippen molar-refractivity contribution in [2.24, 2.45) is 0 Å². The molecule has 0 atom stereocenters. The number of nitrogens with one attached hydrogen (secondary N) is 1. The molecule has 128 valence electrons. The number of benzene rings is 1. The topological polar surface area (TPSA) is 60.5 Å². The van der Waals surface area contributed by atoms with E-state index in [1.165, 1.54) is 12.8 Å². The Hall–Kier alpha value is -2.01. The SMILES string of the molecule is CCOC(=O)c1cnc2c(OC)cc(Cl)cc2c1NC1CCCC1. The molecule has 1 N–H and O–H groups in total. The molecule has 0 amide bonds. The first kappa shape index (κ1) is 16.8. The normalized spacial score (nSPS) is 14.8. The smallest absolute Gasteiger partial charge is 0.341 e. The van der Waals surface area contributed by atoms with Crippen molar-refractivity contribution < 1.29 is 14.3 Å². The van der Waals surface area contributed by atoms with Crippen LogP contribution in [0.15, 0.2) is 18.3 Å². The van der Waals surface area contributed by atoms with E-state index in [1.54, 1.807) is 26.3 Å². The molecule has 3 rings (SSSR count). The largest absolute Gasteiger partial charge is 0.494 e. The summed E-state index contributed by atoms with van der Waals surface area (Å²) in [5.41, 5.74) is 1.84. The molecule has 0 unspecified atom stereocenters. The summed E-state index contributed by atoms with van der Waals surface area (Å²) in [5.74, 6) is 0.203. The Bertz CT molecular complexity index is 758. The van der Waals surface area contributed by atoms with Crippen LogP contribution < -0.4 is 10.1 Å². The molecule has 5 nitrogen and oxygen atoms in total. The van der Waals surface area contributed by atoms with Crippen LogP contribution >= 0.6 is 11.6 Å². The first-order valence-electron chi connectivity index (χ1n) is 8.24. The predicted molar refractivity (Wildman–Crippen MR) is 95.1 cm³/mol. The summed E-state index contributed by atoms with van der Waals surface area (Å²) in [5, 5.41) is 4.83. The summed E-state index contributed by atoms with van der Waals surface area (Å²) in [6, 6.07) is 3.88. The lowest BCUT2D eigenvalue weighted by Crippen LogP contribution is -2.18.